The molecule has 24 heavy (non-hydrogen) atoms. The van der Waals surface area contributed by atoms with Crippen LogP contribution >= 0.6 is 0 Å². The van der Waals surface area contributed by atoms with Crippen molar-refractivity contribution in [2.24, 2.45) is 5.92 Å². The van der Waals surface area contributed by atoms with Crippen molar-refractivity contribution in [2.45, 2.75) is 31.7 Å². The number of nitrogens with zero attached hydrogens (tertiary/aromatic N) is 3. The van der Waals surface area contributed by atoms with Gasteiger partial charge in [0.05, 0.1) is 6.54 Å². The summed E-state index contributed by atoms with van der Waals surface area (Å²) >= 11 is 0. The second-order valence-corrected chi connectivity index (χ2v) is 7.73. The average molecular weight is 329 g/mol. The molecule has 3 aliphatic rings. The average Bonchev–Trinajstić information content (AvgIpc) is 2.86. The zero-order chi connectivity index (χ0) is 16.9. The lowest BCUT2D eigenvalue weighted by Gasteiger charge is -2.36. The van der Waals surface area contributed by atoms with Gasteiger partial charge in [0.1, 0.15) is 0 Å². The van der Waals surface area contributed by atoms with Crippen molar-refractivity contribution in [3.63, 3.8) is 0 Å². The van der Waals surface area contributed by atoms with E-state index < -0.39 is 0 Å². The van der Waals surface area contributed by atoms with Crippen molar-refractivity contribution >= 4 is 5.91 Å². The van der Waals surface area contributed by atoms with Gasteiger partial charge in [-0.2, -0.15) is 0 Å². The topological polar surface area (TPSA) is 26.8 Å². The largest absolute Gasteiger partial charge is 0.337 e. The molecule has 2 atom stereocenters. The Bertz CT molecular complexity index is 531. The SMILES string of the molecule is CN(C)CC(=O)N1C[C@H]2CC[C@@H]1CN(CCCc1ccccc1)C2. The van der Waals surface area contributed by atoms with Crippen LogP contribution in [0.3, 0.4) is 0 Å². The molecule has 0 unspecified atom stereocenters. The van der Waals surface area contributed by atoms with Gasteiger partial charge in [0.2, 0.25) is 5.91 Å². The summed E-state index contributed by atoms with van der Waals surface area (Å²) in [4.78, 5) is 19.3. The van der Waals surface area contributed by atoms with Crippen LogP contribution in [0.25, 0.3) is 0 Å². The molecule has 3 heterocycles. The minimum Gasteiger partial charge on any atom is -0.337 e. The number of aryl methyl sites for hydroxylation is 1. The summed E-state index contributed by atoms with van der Waals surface area (Å²) < 4.78 is 0. The first-order chi connectivity index (χ1) is 11.6. The highest BCUT2D eigenvalue weighted by molar-refractivity contribution is 5.78. The predicted octanol–water partition coefficient (Wildman–Crippen LogP) is 2.10. The number of carbonyl (C=O) groups excluding carboxylic acids is 1. The number of hydrogen-bond acceptors (Lipinski definition) is 3. The Morgan fingerprint density at radius 2 is 1.92 bits per heavy atom. The Balaban J connectivity index is 1.52. The van der Waals surface area contributed by atoms with E-state index in [9.17, 15) is 4.79 Å². The Kier molecular flexibility index (Phi) is 5.90. The number of rotatable bonds is 6. The van der Waals surface area contributed by atoms with Crippen LogP contribution in [0.15, 0.2) is 30.3 Å². The maximum atomic E-state index is 12.5. The van der Waals surface area contributed by atoms with Gasteiger partial charge in [0.15, 0.2) is 0 Å². The molecule has 0 radical (unpaired) electrons. The van der Waals surface area contributed by atoms with E-state index in [1.165, 1.54) is 24.8 Å². The second-order valence-electron chi connectivity index (χ2n) is 7.73. The van der Waals surface area contributed by atoms with Gasteiger partial charge in [-0.1, -0.05) is 30.3 Å². The number of likely N-dealkylation sites (N-methyl/N-ethyl adjacent to an activating group) is 1. The molecule has 4 heteroatoms. The number of fused-ring (bicyclic) bond motifs is 4. The summed E-state index contributed by atoms with van der Waals surface area (Å²) in [5.74, 6) is 0.965. The molecule has 0 aliphatic carbocycles. The van der Waals surface area contributed by atoms with Gasteiger partial charge >= 0.3 is 0 Å². The molecule has 0 saturated carbocycles. The van der Waals surface area contributed by atoms with Crippen LogP contribution in [0.1, 0.15) is 24.8 Å². The van der Waals surface area contributed by atoms with Gasteiger partial charge in [0.25, 0.3) is 0 Å². The smallest absolute Gasteiger partial charge is 0.237 e. The van der Waals surface area contributed by atoms with E-state index in [-0.39, 0.29) is 0 Å². The summed E-state index contributed by atoms with van der Waals surface area (Å²) in [5, 5.41) is 0. The first-order valence-electron chi connectivity index (χ1n) is 9.32. The van der Waals surface area contributed by atoms with E-state index in [2.05, 4.69) is 40.1 Å². The fourth-order valence-corrected chi connectivity index (χ4v) is 4.18. The molecule has 2 bridgehead atoms. The van der Waals surface area contributed by atoms with E-state index in [0.29, 0.717) is 24.4 Å². The number of amides is 1. The van der Waals surface area contributed by atoms with E-state index in [0.717, 1.165) is 32.6 Å². The second kappa shape index (κ2) is 8.13. The summed E-state index contributed by atoms with van der Waals surface area (Å²) in [6.07, 6.45) is 4.82. The van der Waals surface area contributed by atoms with Crippen LogP contribution in [-0.2, 0) is 11.2 Å². The predicted molar refractivity (Wildman–Crippen MR) is 98.0 cm³/mol. The molecular formula is C20H31N3O. The highest BCUT2D eigenvalue weighted by Crippen LogP contribution is 2.28. The van der Waals surface area contributed by atoms with Crippen LogP contribution in [0.4, 0.5) is 0 Å². The lowest BCUT2D eigenvalue weighted by Crippen LogP contribution is -2.50. The third kappa shape index (κ3) is 4.58. The van der Waals surface area contributed by atoms with Gasteiger partial charge in [-0.25, -0.2) is 0 Å². The zero-order valence-electron chi connectivity index (χ0n) is 15.2. The molecule has 3 fully saturated rings. The monoisotopic (exact) mass is 329 g/mol. The molecule has 0 aromatic heterocycles. The van der Waals surface area contributed by atoms with Gasteiger partial charge in [-0.15, -0.1) is 0 Å². The first kappa shape index (κ1) is 17.4. The minimum absolute atomic E-state index is 0.306. The fraction of sp³-hybridized carbons (Fsp3) is 0.650. The van der Waals surface area contributed by atoms with Crippen molar-refractivity contribution in [3.8, 4) is 0 Å². The normalized spacial score (nSPS) is 24.4. The number of benzene rings is 1. The van der Waals surface area contributed by atoms with Crippen molar-refractivity contribution in [2.75, 3.05) is 46.8 Å². The lowest BCUT2D eigenvalue weighted by molar-refractivity contribution is -0.135. The van der Waals surface area contributed by atoms with Crippen LogP contribution in [0.5, 0.6) is 0 Å². The Hall–Kier alpha value is -1.39. The van der Waals surface area contributed by atoms with Crippen molar-refractivity contribution in [1.82, 2.24) is 14.7 Å². The Labute approximate surface area is 146 Å². The van der Waals surface area contributed by atoms with Crippen molar-refractivity contribution in [1.29, 1.82) is 0 Å². The van der Waals surface area contributed by atoms with Gasteiger partial charge in [-0.05, 0) is 57.8 Å². The summed E-state index contributed by atoms with van der Waals surface area (Å²) in [5.41, 5.74) is 1.43. The molecule has 1 amide bonds. The van der Waals surface area contributed by atoms with Gasteiger partial charge in [0, 0.05) is 25.7 Å². The van der Waals surface area contributed by atoms with Crippen molar-refractivity contribution in [3.05, 3.63) is 35.9 Å². The highest BCUT2D eigenvalue weighted by Gasteiger charge is 2.36. The molecule has 0 spiro atoms. The molecule has 4 nitrogen and oxygen atoms in total. The third-order valence-corrected chi connectivity index (χ3v) is 5.34. The molecule has 3 saturated heterocycles. The van der Waals surface area contributed by atoms with Crippen LogP contribution in [-0.4, -0.2) is 73.5 Å². The van der Waals surface area contributed by atoms with E-state index >= 15 is 0 Å². The van der Waals surface area contributed by atoms with Crippen LogP contribution < -0.4 is 0 Å². The first-order valence-corrected chi connectivity index (χ1v) is 9.32. The van der Waals surface area contributed by atoms with Crippen molar-refractivity contribution < 1.29 is 4.79 Å². The summed E-state index contributed by atoms with van der Waals surface area (Å²) in [6, 6.07) is 11.2. The minimum atomic E-state index is 0.306. The lowest BCUT2D eigenvalue weighted by atomic mass is 9.95. The molecule has 1 aromatic rings. The van der Waals surface area contributed by atoms with Gasteiger partial charge < -0.3 is 14.7 Å². The zero-order valence-corrected chi connectivity index (χ0v) is 15.2. The Morgan fingerprint density at radius 3 is 2.67 bits per heavy atom. The highest BCUT2D eigenvalue weighted by atomic mass is 16.2. The van der Waals surface area contributed by atoms with E-state index in [1.54, 1.807) is 0 Å². The summed E-state index contributed by atoms with van der Waals surface area (Å²) in [7, 11) is 3.95. The standard InChI is InChI=1S/C20H31N3O/c1-21(2)16-20(24)23-14-18-10-11-19(23)15-22(13-18)12-6-9-17-7-4-3-5-8-17/h3-5,7-8,18-19H,6,9-16H2,1-2H3/t18-,19+/m0/s1. The van der Waals surface area contributed by atoms with Crippen LogP contribution in [0, 0.1) is 5.92 Å². The summed E-state index contributed by atoms with van der Waals surface area (Å²) in [6.45, 7) is 4.88. The molecular weight excluding hydrogens is 298 g/mol. The third-order valence-electron chi connectivity index (χ3n) is 5.34. The number of carbonyl (C=O) groups is 1. The van der Waals surface area contributed by atoms with Crippen LogP contribution in [0.2, 0.25) is 0 Å². The quantitative estimate of drug-likeness (QED) is 0.800. The Morgan fingerprint density at radius 1 is 1.12 bits per heavy atom. The molecule has 0 N–H and O–H groups in total. The number of hydrogen-bond donors (Lipinski definition) is 0. The molecule has 3 aliphatic heterocycles. The maximum absolute atomic E-state index is 12.5. The van der Waals surface area contributed by atoms with Gasteiger partial charge in [-0.3, -0.25) is 4.79 Å². The molecule has 1 aromatic carbocycles. The number of piperidine rings is 1. The fourth-order valence-electron chi connectivity index (χ4n) is 4.18. The molecule has 132 valence electrons. The molecule has 4 rings (SSSR count). The van der Waals surface area contributed by atoms with E-state index in [4.69, 9.17) is 0 Å². The van der Waals surface area contributed by atoms with E-state index in [1.807, 2.05) is 19.0 Å². The maximum Gasteiger partial charge on any atom is 0.237 e.